The molecule has 0 atom stereocenters. The van der Waals surface area contributed by atoms with E-state index >= 15 is 0 Å². The summed E-state index contributed by atoms with van der Waals surface area (Å²) < 4.78 is 5.00. The highest BCUT2D eigenvalue weighted by molar-refractivity contribution is 5.94. The molecule has 116 valence electrons. The van der Waals surface area contributed by atoms with Crippen LogP contribution in [0.4, 0.5) is 0 Å². The Kier molecular flexibility index (Phi) is 4.47. The molecule has 2 aromatic carbocycles. The van der Waals surface area contributed by atoms with Gasteiger partial charge in [-0.25, -0.2) is 0 Å². The molecule has 5 heteroatoms. The van der Waals surface area contributed by atoms with Gasteiger partial charge in [-0.15, -0.1) is 0 Å². The van der Waals surface area contributed by atoms with Crippen molar-refractivity contribution in [1.29, 1.82) is 0 Å². The van der Waals surface area contributed by atoms with Crippen LogP contribution in [0, 0.1) is 0 Å². The number of aryl methyl sites for hydroxylation is 1. The van der Waals surface area contributed by atoms with E-state index < -0.39 is 0 Å². The first-order chi connectivity index (χ1) is 11.3. The SMILES string of the molecule is CCc1nc(CNC(=O)c2ccc(-c3ccccc3)cc2)no1. The van der Waals surface area contributed by atoms with Crippen LogP contribution in [0.5, 0.6) is 0 Å². The van der Waals surface area contributed by atoms with Crippen LogP contribution in [0.1, 0.15) is 29.0 Å². The monoisotopic (exact) mass is 307 g/mol. The number of hydrogen-bond donors (Lipinski definition) is 1. The van der Waals surface area contributed by atoms with Crippen molar-refractivity contribution in [1.82, 2.24) is 15.5 Å². The highest BCUT2D eigenvalue weighted by atomic mass is 16.5. The van der Waals surface area contributed by atoms with Crippen LogP contribution in [0.15, 0.2) is 59.1 Å². The summed E-state index contributed by atoms with van der Waals surface area (Å²) in [5, 5.41) is 6.59. The quantitative estimate of drug-likeness (QED) is 0.786. The Bertz CT molecular complexity index is 780. The van der Waals surface area contributed by atoms with E-state index in [0.717, 1.165) is 11.1 Å². The van der Waals surface area contributed by atoms with Crippen LogP contribution in [0.3, 0.4) is 0 Å². The first kappa shape index (κ1) is 15.0. The molecule has 1 amide bonds. The standard InChI is InChI=1S/C18H17N3O2/c1-2-17-20-16(21-23-17)12-19-18(22)15-10-8-14(9-11-15)13-6-4-3-5-7-13/h3-11H,2,12H2,1H3,(H,19,22). The van der Waals surface area contributed by atoms with Crippen LogP contribution in [0.25, 0.3) is 11.1 Å². The molecule has 1 aromatic heterocycles. The molecule has 3 aromatic rings. The minimum absolute atomic E-state index is 0.160. The number of rotatable bonds is 5. The Morgan fingerprint density at radius 1 is 1.04 bits per heavy atom. The Morgan fingerprint density at radius 3 is 2.39 bits per heavy atom. The molecular weight excluding hydrogens is 290 g/mol. The summed E-state index contributed by atoms with van der Waals surface area (Å²) in [6.45, 7) is 2.19. The van der Waals surface area contributed by atoms with Gasteiger partial charge >= 0.3 is 0 Å². The Balaban J connectivity index is 1.63. The van der Waals surface area contributed by atoms with Crippen molar-refractivity contribution < 1.29 is 9.32 Å². The first-order valence-electron chi connectivity index (χ1n) is 7.51. The molecule has 0 aliphatic heterocycles. The normalized spacial score (nSPS) is 10.5. The van der Waals surface area contributed by atoms with Gasteiger partial charge in [0.1, 0.15) is 0 Å². The van der Waals surface area contributed by atoms with Crippen LogP contribution in [0.2, 0.25) is 0 Å². The minimum Gasteiger partial charge on any atom is -0.345 e. The number of nitrogens with one attached hydrogen (secondary N) is 1. The molecule has 0 saturated carbocycles. The maximum absolute atomic E-state index is 12.1. The van der Waals surface area contributed by atoms with Crippen LogP contribution >= 0.6 is 0 Å². The molecule has 23 heavy (non-hydrogen) atoms. The van der Waals surface area contributed by atoms with E-state index in [-0.39, 0.29) is 12.5 Å². The van der Waals surface area contributed by atoms with Gasteiger partial charge in [-0.1, -0.05) is 54.5 Å². The van der Waals surface area contributed by atoms with E-state index in [0.29, 0.717) is 23.7 Å². The summed E-state index contributed by atoms with van der Waals surface area (Å²) in [5.41, 5.74) is 2.80. The van der Waals surface area contributed by atoms with E-state index in [2.05, 4.69) is 15.5 Å². The summed E-state index contributed by atoms with van der Waals surface area (Å²) in [6, 6.07) is 17.5. The molecule has 0 bridgehead atoms. The fraction of sp³-hybridized carbons (Fsp3) is 0.167. The summed E-state index contributed by atoms with van der Waals surface area (Å²) in [5.74, 6) is 0.894. The molecule has 0 fully saturated rings. The molecule has 5 nitrogen and oxygen atoms in total. The minimum atomic E-state index is -0.160. The van der Waals surface area contributed by atoms with Crippen LogP contribution in [-0.4, -0.2) is 16.0 Å². The lowest BCUT2D eigenvalue weighted by atomic mass is 10.0. The lowest BCUT2D eigenvalue weighted by Gasteiger charge is -2.05. The second-order valence-corrected chi connectivity index (χ2v) is 5.08. The first-order valence-corrected chi connectivity index (χ1v) is 7.51. The summed E-state index contributed by atoms with van der Waals surface area (Å²) in [7, 11) is 0. The Labute approximate surface area is 134 Å². The third-order valence-electron chi connectivity index (χ3n) is 3.47. The highest BCUT2D eigenvalue weighted by Gasteiger charge is 2.09. The van der Waals surface area contributed by atoms with E-state index in [1.54, 1.807) is 0 Å². The largest absolute Gasteiger partial charge is 0.345 e. The molecule has 1 N–H and O–H groups in total. The predicted octanol–water partition coefficient (Wildman–Crippen LogP) is 3.23. The van der Waals surface area contributed by atoms with E-state index in [4.69, 9.17) is 4.52 Å². The number of nitrogens with zero attached hydrogens (tertiary/aromatic N) is 2. The number of carbonyl (C=O) groups excluding carboxylic acids is 1. The molecule has 0 aliphatic rings. The van der Waals surface area contributed by atoms with E-state index in [1.165, 1.54) is 0 Å². The van der Waals surface area contributed by atoms with Crippen LogP contribution < -0.4 is 5.32 Å². The lowest BCUT2D eigenvalue weighted by molar-refractivity contribution is 0.0949. The summed E-state index contributed by atoms with van der Waals surface area (Å²) in [6.07, 6.45) is 0.682. The molecular formula is C18H17N3O2. The van der Waals surface area contributed by atoms with Gasteiger partial charge < -0.3 is 9.84 Å². The van der Waals surface area contributed by atoms with Crippen molar-refractivity contribution in [2.24, 2.45) is 0 Å². The zero-order valence-corrected chi connectivity index (χ0v) is 12.8. The number of amides is 1. The molecule has 0 spiro atoms. The van der Waals surface area contributed by atoms with Gasteiger partial charge in [-0.3, -0.25) is 4.79 Å². The molecule has 0 saturated heterocycles. The molecule has 0 aliphatic carbocycles. The molecule has 0 radical (unpaired) electrons. The van der Waals surface area contributed by atoms with Crippen molar-refractivity contribution >= 4 is 5.91 Å². The molecule has 0 unspecified atom stereocenters. The maximum atomic E-state index is 12.1. The Hall–Kier alpha value is -2.95. The van der Waals surface area contributed by atoms with Gasteiger partial charge in [0, 0.05) is 12.0 Å². The van der Waals surface area contributed by atoms with Gasteiger partial charge in [0.15, 0.2) is 5.82 Å². The average Bonchev–Trinajstić information content (AvgIpc) is 3.09. The van der Waals surface area contributed by atoms with E-state index in [1.807, 2.05) is 61.5 Å². The number of aromatic nitrogens is 2. The van der Waals surface area contributed by atoms with Crippen molar-refractivity contribution in [2.45, 2.75) is 19.9 Å². The fourth-order valence-corrected chi connectivity index (χ4v) is 2.21. The third kappa shape index (κ3) is 3.63. The second kappa shape index (κ2) is 6.87. The number of carbonyl (C=O) groups is 1. The summed E-state index contributed by atoms with van der Waals surface area (Å²) >= 11 is 0. The van der Waals surface area contributed by atoms with E-state index in [9.17, 15) is 4.79 Å². The lowest BCUT2D eigenvalue weighted by Crippen LogP contribution is -2.23. The van der Waals surface area contributed by atoms with Crippen molar-refractivity contribution in [3.63, 3.8) is 0 Å². The highest BCUT2D eigenvalue weighted by Crippen LogP contribution is 2.19. The average molecular weight is 307 g/mol. The third-order valence-corrected chi connectivity index (χ3v) is 3.47. The fourth-order valence-electron chi connectivity index (χ4n) is 2.21. The Morgan fingerprint density at radius 2 is 1.74 bits per heavy atom. The zero-order chi connectivity index (χ0) is 16.1. The zero-order valence-electron chi connectivity index (χ0n) is 12.8. The maximum Gasteiger partial charge on any atom is 0.251 e. The second-order valence-electron chi connectivity index (χ2n) is 5.08. The molecule has 1 heterocycles. The van der Waals surface area contributed by atoms with Gasteiger partial charge in [0.05, 0.1) is 6.54 Å². The summed E-state index contributed by atoms with van der Waals surface area (Å²) in [4.78, 5) is 16.3. The van der Waals surface area contributed by atoms with Crippen molar-refractivity contribution in [2.75, 3.05) is 0 Å². The topological polar surface area (TPSA) is 68.0 Å². The van der Waals surface area contributed by atoms with Gasteiger partial charge in [0.25, 0.3) is 5.91 Å². The van der Waals surface area contributed by atoms with Gasteiger partial charge in [-0.2, -0.15) is 4.98 Å². The number of hydrogen-bond acceptors (Lipinski definition) is 4. The van der Waals surface area contributed by atoms with Gasteiger partial charge in [-0.05, 0) is 23.3 Å². The van der Waals surface area contributed by atoms with Crippen molar-refractivity contribution in [3.8, 4) is 11.1 Å². The van der Waals surface area contributed by atoms with Gasteiger partial charge in [0.2, 0.25) is 5.89 Å². The number of benzene rings is 2. The van der Waals surface area contributed by atoms with Crippen molar-refractivity contribution in [3.05, 3.63) is 71.9 Å². The predicted molar refractivity (Wildman–Crippen MR) is 86.7 cm³/mol. The van der Waals surface area contributed by atoms with Crippen LogP contribution in [-0.2, 0) is 13.0 Å². The molecule has 3 rings (SSSR count). The smallest absolute Gasteiger partial charge is 0.251 e.